The van der Waals surface area contributed by atoms with E-state index in [9.17, 15) is 0 Å². The summed E-state index contributed by atoms with van der Waals surface area (Å²) in [6, 6.07) is 80.4. The van der Waals surface area contributed by atoms with Crippen molar-refractivity contribution in [2.75, 3.05) is 4.90 Å². The van der Waals surface area contributed by atoms with E-state index in [0.29, 0.717) is 0 Å². The molecule has 0 saturated carbocycles. The van der Waals surface area contributed by atoms with Gasteiger partial charge in [0.15, 0.2) is 0 Å². The van der Waals surface area contributed by atoms with Crippen LogP contribution < -0.4 is 4.90 Å². The number of hydrogen-bond donors (Lipinski definition) is 0. The Morgan fingerprint density at radius 1 is 0.410 bits per heavy atom. The Hall–Kier alpha value is -7.68. The first-order chi connectivity index (χ1) is 30.0. The SMILES string of the molecule is CC1(C)c2ccccc2-c2c(N(c3ccc(-c4cccc5cccc(-c6ccccc6)c45)cc3)c3ccc4c5ccc6ccccc6c5n(-c5ccccc5)c4c3)cccc21. The normalized spacial score (nSPS) is 12.9. The van der Waals surface area contributed by atoms with Crippen LogP contribution in [0, 0.1) is 0 Å². The smallest absolute Gasteiger partial charge is 0.0619 e. The number of rotatable bonds is 6. The molecule has 1 aliphatic rings. The van der Waals surface area contributed by atoms with E-state index in [1.54, 1.807) is 0 Å². The van der Waals surface area contributed by atoms with E-state index >= 15 is 0 Å². The molecule has 0 bridgehead atoms. The average Bonchev–Trinajstić information content (AvgIpc) is 3.78. The second-order valence-electron chi connectivity index (χ2n) is 16.9. The van der Waals surface area contributed by atoms with Crippen molar-refractivity contribution in [3.8, 4) is 39.1 Å². The number of hydrogen-bond acceptors (Lipinski definition) is 1. The Labute approximate surface area is 356 Å². The molecule has 0 amide bonds. The molecule has 0 unspecified atom stereocenters. The minimum atomic E-state index is -0.132. The highest BCUT2D eigenvalue weighted by Gasteiger charge is 2.37. The lowest BCUT2D eigenvalue weighted by Gasteiger charge is -2.29. The summed E-state index contributed by atoms with van der Waals surface area (Å²) in [5.74, 6) is 0. The van der Waals surface area contributed by atoms with Gasteiger partial charge in [0.05, 0.1) is 16.7 Å². The predicted octanol–water partition coefficient (Wildman–Crippen LogP) is 16.2. The maximum absolute atomic E-state index is 2.49. The van der Waals surface area contributed by atoms with Gasteiger partial charge >= 0.3 is 0 Å². The molecular weight excluding hydrogens is 737 g/mol. The summed E-state index contributed by atoms with van der Waals surface area (Å²) in [5, 5.41) is 7.48. The topological polar surface area (TPSA) is 8.17 Å². The summed E-state index contributed by atoms with van der Waals surface area (Å²) in [4.78, 5) is 2.49. The van der Waals surface area contributed by atoms with Crippen LogP contribution in [-0.2, 0) is 5.41 Å². The van der Waals surface area contributed by atoms with E-state index < -0.39 is 0 Å². The van der Waals surface area contributed by atoms with Crippen molar-refractivity contribution in [2.45, 2.75) is 19.3 Å². The van der Waals surface area contributed by atoms with Crippen LogP contribution in [0.2, 0.25) is 0 Å². The molecule has 1 aliphatic carbocycles. The van der Waals surface area contributed by atoms with Crippen LogP contribution >= 0.6 is 0 Å². The van der Waals surface area contributed by atoms with E-state index in [-0.39, 0.29) is 5.41 Å². The molecule has 0 N–H and O–H groups in total. The summed E-state index contributed by atoms with van der Waals surface area (Å²) >= 11 is 0. The molecule has 0 fully saturated rings. The van der Waals surface area contributed by atoms with Crippen molar-refractivity contribution in [2.24, 2.45) is 0 Å². The standard InChI is InChI=1S/C59H42N2/c1-59(2)52-27-12-11-24-51(52)57-53(59)28-15-29-54(57)60(44-33-30-41(31-34-44)47-26-14-20-42-19-13-25-46(56(42)47)39-16-5-3-6-17-39)45-35-37-49-50-36-32-40-18-9-10-23-48(40)58(50)61(55(49)38-45)43-21-7-4-8-22-43/h3-38H,1-2H3. The molecule has 0 saturated heterocycles. The zero-order valence-electron chi connectivity index (χ0n) is 34.2. The fourth-order valence-electron chi connectivity index (χ4n) is 10.3. The quantitative estimate of drug-likeness (QED) is 0.163. The Morgan fingerprint density at radius 2 is 1.00 bits per heavy atom. The fraction of sp³-hybridized carbons (Fsp3) is 0.0508. The summed E-state index contributed by atoms with van der Waals surface area (Å²) in [5.41, 5.74) is 17.0. The monoisotopic (exact) mass is 778 g/mol. The van der Waals surface area contributed by atoms with Crippen molar-refractivity contribution in [3.05, 3.63) is 230 Å². The second kappa shape index (κ2) is 13.7. The van der Waals surface area contributed by atoms with Gasteiger partial charge in [-0.2, -0.15) is 0 Å². The Balaban J connectivity index is 1.10. The lowest BCUT2D eigenvalue weighted by atomic mass is 9.82. The van der Waals surface area contributed by atoms with Gasteiger partial charge in [-0.15, -0.1) is 0 Å². The van der Waals surface area contributed by atoms with E-state index in [1.165, 1.54) is 93.5 Å². The van der Waals surface area contributed by atoms with Crippen molar-refractivity contribution in [3.63, 3.8) is 0 Å². The molecule has 2 nitrogen and oxygen atoms in total. The fourth-order valence-corrected chi connectivity index (χ4v) is 10.3. The molecule has 288 valence electrons. The van der Waals surface area contributed by atoms with Gasteiger partial charge in [0.2, 0.25) is 0 Å². The van der Waals surface area contributed by atoms with Crippen LogP contribution in [0.5, 0.6) is 0 Å². The van der Waals surface area contributed by atoms with Crippen LogP contribution in [0.15, 0.2) is 218 Å². The first kappa shape index (κ1) is 35.3. The van der Waals surface area contributed by atoms with Crippen molar-refractivity contribution in [1.82, 2.24) is 4.57 Å². The van der Waals surface area contributed by atoms with Gasteiger partial charge in [0, 0.05) is 44.2 Å². The number of benzene rings is 10. The Kier molecular flexibility index (Phi) is 7.92. The molecule has 0 spiro atoms. The summed E-state index contributed by atoms with van der Waals surface area (Å²) < 4.78 is 2.47. The molecule has 1 heterocycles. The highest BCUT2D eigenvalue weighted by atomic mass is 15.1. The van der Waals surface area contributed by atoms with Crippen LogP contribution in [0.1, 0.15) is 25.0 Å². The number of aromatic nitrogens is 1. The minimum Gasteiger partial charge on any atom is -0.310 e. The maximum atomic E-state index is 2.49. The molecule has 0 aliphatic heterocycles. The molecule has 0 radical (unpaired) electrons. The molecular formula is C59H42N2. The van der Waals surface area contributed by atoms with E-state index in [1.807, 2.05) is 0 Å². The van der Waals surface area contributed by atoms with E-state index in [2.05, 4.69) is 242 Å². The minimum absolute atomic E-state index is 0.132. The summed E-state index contributed by atoms with van der Waals surface area (Å²) in [6.45, 7) is 4.73. The van der Waals surface area contributed by atoms with Crippen LogP contribution in [0.25, 0.3) is 82.4 Å². The maximum Gasteiger partial charge on any atom is 0.0619 e. The molecule has 2 heteroatoms. The van der Waals surface area contributed by atoms with Gasteiger partial charge in [-0.05, 0) is 97.6 Å². The van der Waals surface area contributed by atoms with Gasteiger partial charge in [0.25, 0.3) is 0 Å². The van der Waals surface area contributed by atoms with Gasteiger partial charge in [-0.1, -0.05) is 190 Å². The van der Waals surface area contributed by atoms with E-state index in [4.69, 9.17) is 0 Å². The third kappa shape index (κ3) is 5.42. The molecule has 0 atom stereocenters. The van der Waals surface area contributed by atoms with Crippen LogP contribution in [0.3, 0.4) is 0 Å². The average molecular weight is 779 g/mol. The van der Waals surface area contributed by atoms with Gasteiger partial charge in [0.1, 0.15) is 0 Å². The Morgan fingerprint density at radius 3 is 1.79 bits per heavy atom. The molecule has 1 aromatic heterocycles. The van der Waals surface area contributed by atoms with Crippen molar-refractivity contribution >= 4 is 60.4 Å². The molecule has 11 aromatic rings. The van der Waals surface area contributed by atoms with Crippen molar-refractivity contribution < 1.29 is 0 Å². The lowest BCUT2D eigenvalue weighted by Crippen LogP contribution is -2.16. The molecule has 12 rings (SSSR count). The number of para-hydroxylation sites is 1. The van der Waals surface area contributed by atoms with Gasteiger partial charge in [-0.25, -0.2) is 0 Å². The number of nitrogens with zero attached hydrogens (tertiary/aromatic N) is 2. The van der Waals surface area contributed by atoms with E-state index in [0.717, 1.165) is 17.1 Å². The second-order valence-corrected chi connectivity index (χ2v) is 16.9. The molecule has 10 aromatic carbocycles. The zero-order valence-corrected chi connectivity index (χ0v) is 34.2. The van der Waals surface area contributed by atoms with Crippen LogP contribution in [0.4, 0.5) is 17.1 Å². The zero-order chi connectivity index (χ0) is 40.7. The first-order valence-electron chi connectivity index (χ1n) is 21.3. The number of anilines is 3. The Bertz CT molecular complexity index is 3480. The van der Waals surface area contributed by atoms with Crippen LogP contribution in [-0.4, -0.2) is 4.57 Å². The van der Waals surface area contributed by atoms with Crippen molar-refractivity contribution in [1.29, 1.82) is 0 Å². The third-order valence-electron chi connectivity index (χ3n) is 13.2. The lowest BCUT2D eigenvalue weighted by molar-refractivity contribution is 0.660. The number of fused-ring (bicyclic) bond motifs is 9. The first-order valence-corrected chi connectivity index (χ1v) is 21.3. The highest BCUT2D eigenvalue weighted by molar-refractivity contribution is 6.19. The third-order valence-corrected chi connectivity index (χ3v) is 13.2. The largest absolute Gasteiger partial charge is 0.310 e. The van der Waals surface area contributed by atoms with Gasteiger partial charge < -0.3 is 9.47 Å². The highest BCUT2D eigenvalue weighted by Crippen LogP contribution is 2.54. The summed E-state index contributed by atoms with van der Waals surface area (Å²) in [6.07, 6.45) is 0. The van der Waals surface area contributed by atoms with Gasteiger partial charge in [-0.3, -0.25) is 0 Å². The molecule has 61 heavy (non-hydrogen) atoms. The summed E-state index contributed by atoms with van der Waals surface area (Å²) in [7, 11) is 0. The predicted molar refractivity (Wildman–Crippen MR) is 259 cm³/mol.